The summed E-state index contributed by atoms with van der Waals surface area (Å²) in [6.07, 6.45) is 0. The molecule has 0 saturated heterocycles. The van der Waals surface area contributed by atoms with Crippen LogP contribution >= 0.6 is 22.6 Å². The minimum atomic E-state index is -2.92. The quantitative estimate of drug-likeness (QED) is 0.490. The zero-order chi connectivity index (χ0) is 10.7. The maximum absolute atomic E-state index is 11.8. The highest BCUT2D eigenvalue weighted by Crippen LogP contribution is 2.26. The van der Waals surface area contributed by atoms with Crippen molar-refractivity contribution in [1.29, 1.82) is 0 Å². The summed E-state index contributed by atoms with van der Waals surface area (Å²) in [6, 6.07) is 3.44. The molecule has 76 valence electrons. The third-order valence-corrected chi connectivity index (χ3v) is 2.21. The van der Waals surface area contributed by atoms with E-state index < -0.39 is 11.5 Å². The number of halogens is 3. The van der Waals surface area contributed by atoms with Crippen molar-refractivity contribution in [3.63, 3.8) is 0 Å². The zero-order valence-corrected chi connectivity index (χ0v) is 8.77. The molecule has 1 aromatic carbocycles. The number of nitrogens with zero attached hydrogens (tertiary/aromatic N) is 1. The molecule has 0 bridgehead atoms. The molecule has 0 aliphatic carbocycles. The molecule has 0 heterocycles. The molecule has 0 aromatic heterocycles. The van der Waals surface area contributed by atoms with E-state index in [1.165, 1.54) is 6.07 Å². The summed E-state index contributed by atoms with van der Waals surface area (Å²) in [5.41, 5.74) is -0.132. The summed E-state index contributed by atoms with van der Waals surface area (Å²) in [4.78, 5) is 9.78. The lowest BCUT2D eigenvalue weighted by molar-refractivity contribution is -0.385. The number of ether oxygens (including phenoxy) is 1. The van der Waals surface area contributed by atoms with E-state index in [1.54, 1.807) is 22.6 Å². The lowest BCUT2D eigenvalue weighted by Crippen LogP contribution is -2.02. The second-order valence-electron chi connectivity index (χ2n) is 2.25. The highest BCUT2D eigenvalue weighted by atomic mass is 127. The molecule has 0 amide bonds. The van der Waals surface area contributed by atoms with Crippen molar-refractivity contribution in [2.24, 2.45) is 0 Å². The molecule has 4 nitrogen and oxygen atoms in total. The molecule has 7 heteroatoms. The second-order valence-corrected chi connectivity index (χ2v) is 3.41. The molecule has 0 atom stereocenters. The Labute approximate surface area is 91.2 Å². The van der Waals surface area contributed by atoms with Crippen LogP contribution in [-0.4, -0.2) is 11.5 Å². The van der Waals surface area contributed by atoms with Gasteiger partial charge in [0.05, 0.1) is 8.49 Å². The van der Waals surface area contributed by atoms with E-state index in [4.69, 9.17) is 0 Å². The summed E-state index contributed by atoms with van der Waals surface area (Å²) in [5.74, 6) is -0.0880. The van der Waals surface area contributed by atoms with Crippen LogP contribution in [0.1, 0.15) is 0 Å². The van der Waals surface area contributed by atoms with E-state index in [2.05, 4.69) is 4.74 Å². The normalized spacial score (nSPS) is 10.3. The van der Waals surface area contributed by atoms with E-state index >= 15 is 0 Å². The van der Waals surface area contributed by atoms with Crippen molar-refractivity contribution in [3.05, 3.63) is 31.9 Å². The SMILES string of the molecule is O=[N+]([O-])c1ccc(OC(F)F)cc1I. The monoisotopic (exact) mass is 315 g/mol. The van der Waals surface area contributed by atoms with Crippen molar-refractivity contribution < 1.29 is 18.4 Å². The maximum atomic E-state index is 11.8. The Morgan fingerprint density at radius 1 is 1.50 bits per heavy atom. The predicted octanol–water partition coefficient (Wildman–Crippen LogP) is 2.80. The first-order chi connectivity index (χ1) is 6.50. The van der Waals surface area contributed by atoms with Gasteiger partial charge in [-0.25, -0.2) is 0 Å². The van der Waals surface area contributed by atoms with E-state index in [0.29, 0.717) is 0 Å². The first-order valence-electron chi connectivity index (χ1n) is 3.39. The molecular weight excluding hydrogens is 311 g/mol. The van der Waals surface area contributed by atoms with Crippen LogP contribution in [-0.2, 0) is 0 Å². The van der Waals surface area contributed by atoms with Gasteiger partial charge in [-0.1, -0.05) is 0 Å². The Kier molecular flexibility index (Phi) is 3.55. The third-order valence-electron chi connectivity index (χ3n) is 1.34. The van der Waals surface area contributed by atoms with E-state index in [-0.39, 0.29) is 15.0 Å². The number of alkyl halides is 2. The minimum Gasteiger partial charge on any atom is -0.435 e. The number of benzene rings is 1. The van der Waals surface area contributed by atoms with Gasteiger partial charge >= 0.3 is 6.61 Å². The van der Waals surface area contributed by atoms with Gasteiger partial charge in [-0.15, -0.1) is 0 Å². The number of rotatable bonds is 3. The van der Waals surface area contributed by atoms with Crippen LogP contribution in [0.4, 0.5) is 14.5 Å². The lowest BCUT2D eigenvalue weighted by atomic mass is 10.3. The minimum absolute atomic E-state index is 0.0880. The summed E-state index contributed by atoms with van der Waals surface area (Å²) in [6.45, 7) is -2.92. The largest absolute Gasteiger partial charge is 0.435 e. The summed E-state index contributed by atoms with van der Waals surface area (Å²) < 4.78 is 27.8. The molecule has 1 aromatic rings. The summed E-state index contributed by atoms with van der Waals surface area (Å²) >= 11 is 1.68. The van der Waals surface area contributed by atoms with Crippen LogP contribution in [0, 0.1) is 13.7 Å². The molecule has 0 aliphatic heterocycles. The average Bonchev–Trinajstić information content (AvgIpc) is 2.01. The zero-order valence-electron chi connectivity index (χ0n) is 6.62. The van der Waals surface area contributed by atoms with Crippen molar-refractivity contribution >= 4 is 28.3 Å². The molecule has 0 radical (unpaired) electrons. The molecule has 0 saturated carbocycles. The predicted molar refractivity (Wildman–Crippen MR) is 52.4 cm³/mol. The lowest BCUT2D eigenvalue weighted by Gasteiger charge is -2.04. The fraction of sp³-hybridized carbons (Fsp3) is 0.143. The van der Waals surface area contributed by atoms with E-state index in [9.17, 15) is 18.9 Å². The number of nitro benzene ring substituents is 1. The Bertz CT molecular complexity index is 359. The van der Waals surface area contributed by atoms with Gasteiger partial charge in [0.1, 0.15) is 5.75 Å². The molecular formula is C7H4F2INO3. The fourth-order valence-corrected chi connectivity index (χ4v) is 1.50. The van der Waals surface area contributed by atoms with Crippen LogP contribution in [0.15, 0.2) is 18.2 Å². The van der Waals surface area contributed by atoms with Gasteiger partial charge in [-0.3, -0.25) is 10.1 Å². The van der Waals surface area contributed by atoms with Gasteiger partial charge in [-0.2, -0.15) is 8.78 Å². The molecule has 14 heavy (non-hydrogen) atoms. The highest BCUT2D eigenvalue weighted by molar-refractivity contribution is 14.1. The van der Waals surface area contributed by atoms with Crippen molar-refractivity contribution in [2.75, 3.05) is 0 Å². The number of hydrogen-bond donors (Lipinski definition) is 0. The van der Waals surface area contributed by atoms with Crippen LogP contribution in [0.25, 0.3) is 0 Å². The van der Waals surface area contributed by atoms with Gasteiger partial charge in [0, 0.05) is 12.1 Å². The van der Waals surface area contributed by atoms with Gasteiger partial charge in [-0.05, 0) is 28.7 Å². The van der Waals surface area contributed by atoms with Crippen molar-refractivity contribution in [1.82, 2.24) is 0 Å². The standard InChI is InChI=1S/C7H4F2INO3/c8-7(9)14-4-1-2-6(11(12)13)5(10)3-4/h1-3,7H. The Morgan fingerprint density at radius 3 is 2.57 bits per heavy atom. The second kappa shape index (κ2) is 4.49. The van der Waals surface area contributed by atoms with Crippen LogP contribution < -0.4 is 4.74 Å². The van der Waals surface area contributed by atoms with Crippen LogP contribution in [0.5, 0.6) is 5.75 Å². The van der Waals surface area contributed by atoms with Crippen LogP contribution in [0.2, 0.25) is 0 Å². The van der Waals surface area contributed by atoms with Gasteiger partial charge in [0.15, 0.2) is 0 Å². The molecule has 0 unspecified atom stereocenters. The van der Waals surface area contributed by atoms with E-state index in [0.717, 1.165) is 12.1 Å². The number of nitro groups is 1. The van der Waals surface area contributed by atoms with Gasteiger partial charge in [0.2, 0.25) is 0 Å². The molecule has 1 rings (SSSR count). The average molecular weight is 315 g/mol. The first kappa shape index (κ1) is 11.1. The number of hydrogen-bond acceptors (Lipinski definition) is 3. The molecule has 0 spiro atoms. The summed E-state index contributed by atoms with van der Waals surface area (Å²) in [7, 11) is 0. The first-order valence-corrected chi connectivity index (χ1v) is 4.47. The van der Waals surface area contributed by atoms with Gasteiger partial charge < -0.3 is 4.74 Å². The topological polar surface area (TPSA) is 52.4 Å². The van der Waals surface area contributed by atoms with Crippen molar-refractivity contribution in [2.45, 2.75) is 6.61 Å². The Morgan fingerprint density at radius 2 is 2.14 bits per heavy atom. The Hall–Kier alpha value is -0.990. The maximum Gasteiger partial charge on any atom is 0.387 e. The van der Waals surface area contributed by atoms with E-state index in [1.807, 2.05) is 0 Å². The fourth-order valence-electron chi connectivity index (χ4n) is 0.812. The summed E-state index contributed by atoms with van der Waals surface area (Å²) in [5, 5.41) is 10.4. The van der Waals surface area contributed by atoms with Crippen molar-refractivity contribution in [3.8, 4) is 5.75 Å². The molecule has 0 N–H and O–H groups in total. The highest BCUT2D eigenvalue weighted by Gasteiger charge is 2.13. The Balaban J connectivity index is 2.94. The third kappa shape index (κ3) is 2.76. The molecule has 0 fully saturated rings. The van der Waals surface area contributed by atoms with Crippen LogP contribution in [0.3, 0.4) is 0 Å². The van der Waals surface area contributed by atoms with Gasteiger partial charge in [0.25, 0.3) is 5.69 Å². The smallest absolute Gasteiger partial charge is 0.387 e. The molecule has 0 aliphatic rings.